The highest BCUT2D eigenvalue weighted by atomic mass is 35.5. The van der Waals surface area contributed by atoms with E-state index in [0.717, 1.165) is 17.9 Å². The van der Waals surface area contributed by atoms with Gasteiger partial charge in [-0.15, -0.1) is 0 Å². The zero-order valence-electron chi connectivity index (χ0n) is 14.4. The predicted octanol–water partition coefficient (Wildman–Crippen LogP) is 4.01. The van der Waals surface area contributed by atoms with Gasteiger partial charge < -0.3 is 14.6 Å². The van der Waals surface area contributed by atoms with Crippen LogP contribution in [-0.4, -0.2) is 27.5 Å². The Morgan fingerprint density at radius 3 is 2.56 bits per heavy atom. The van der Waals surface area contributed by atoms with E-state index < -0.39 is 18.0 Å². The molecule has 1 amide bonds. The van der Waals surface area contributed by atoms with Gasteiger partial charge in [0.25, 0.3) is 5.91 Å². The van der Waals surface area contributed by atoms with Gasteiger partial charge in [0, 0.05) is 24.1 Å². The first kappa shape index (κ1) is 19.3. The number of nitrogens with one attached hydrogen (secondary N) is 1. The van der Waals surface area contributed by atoms with Gasteiger partial charge >= 0.3 is 5.97 Å². The van der Waals surface area contributed by atoms with Crippen LogP contribution in [0.25, 0.3) is 0 Å². The molecule has 2 rings (SSSR count). The van der Waals surface area contributed by atoms with Crippen LogP contribution in [0.4, 0.5) is 5.82 Å². The van der Waals surface area contributed by atoms with E-state index >= 15 is 0 Å². The number of aromatic nitrogens is 2. The van der Waals surface area contributed by atoms with E-state index in [2.05, 4.69) is 10.3 Å². The molecule has 0 aliphatic heterocycles. The Morgan fingerprint density at radius 2 is 2.00 bits per heavy atom. The number of pyridine rings is 1. The van der Waals surface area contributed by atoms with Crippen molar-refractivity contribution in [1.29, 1.82) is 0 Å². The van der Waals surface area contributed by atoms with Gasteiger partial charge in [0.1, 0.15) is 0 Å². The minimum Gasteiger partial charge on any atom is -0.449 e. The number of aryl methyl sites for hydroxylation is 1. The maximum Gasteiger partial charge on any atom is 0.340 e. The van der Waals surface area contributed by atoms with Crippen molar-refractivity contribution >= 4 is 40.9 Å². The Morgan fingerprint density at radius 1 is 1.32 bits per heavy atom. The number of anilines is 1. The van der Waals surface area contributed by atoms with Crippen LogP contribution in [-0.2, 0) is 16.1 Å². The number of carbonyl (C=O) groups excluding carboxylic acids is 2. The number of halogens is 2. The van der Waals surface area contributed by atoms with Gasteiger partial charge in [-0.25, -0.2) is 9.78 Å². The van der Waals surface area contributed by atoms with E-state index in [1.54, 1.807) is 6.07 Å². The van der Waals surface area contributed by atoms with Gasteiger partial charge in [-0.05, 0) is 39.8 Å². The second-order valence-electron chi connectivity index (χ2n) is 5.55. The number of nitrogens with zero attached hydrogens (tertiary/aromatic N) is 2. The van der Waals surface area contributed by atoms with E-state index in [0.29, 0.717) is 10.6 Å². The Labute approximate surface area is 156 Å². The lowest BCUT2D eigenvalue weighted by Gasteiger charge is -2.14. The second kappa shape index (κ2) is 7.89. The van der Waals surface area contributed by atoms with Crippen LogP contribution in [0.1, 0.15) is 35.6 Å². The van der Waals surface area contributed by atoms with Crippen LogP contribution in [0.15, 0.2) is 18.3 Å². The maximum absolute atomic E-state index is 12.4. The van der Waals surface area contributed by atoms with Crippen molar-refractivity contribution in [3.8, 4) is 0 Å². The first-order valence-corrected chi connectivity index (χ1v) is 8.49. The second-order valence-corrected chi connectivity index (χ2v) is 6.39. The fraction of sp³-hybridized carbons (Fsp3) is 0.353. The molecule has 0 radical (unpaired) electrons. The van der Waals surface area contributed by atoms with Gasteiger partial charge in [-0.2, -0.15) is 0 Å². The Bertz CT molecular complexity index is 818. The number of carbonyl (C=O) groups is 2. The standard InChI is InChI=1S/C17H19Cl2N3O3/c1-5-22-9(2)6-13(10(22)3)17(24)25-11(4)16(23)21-15-14(19)7-12(18)8-20-15/h6-8,11H,5H2,1-4H3,(H,20,21,23)/t11-/m1/s1. The van der Waals surface area contributed by atoms with E-state index in [-0.39, 0.29) is 10.8 Å². The number of rotatable bonds is 5. The Hall–Kier alpha value is -2.05. The molecule has 1 N–H and O–H groups in total. The van der Waals surface area contributed by atoms with E-state index in [1.807, 2.05) is 25.3 Å². The molecule has 8 heteroatoms. The maximum atomic E-state index is 12.4. The molecule has 134 valence electrons. The summed E-state index contributed by atoms with van der Waals surface area (Å²) in [5.74, 6) is -0.928. The molecule has 6 nitrogen and oxygen atoms in total. The fourth-order valence-electron chi connectivity index (χ4n) is 2.50. The third-order valence-electron chi connectivity index (χ3n) is 3.81. The fourth-order valence-corrected chi connectivity index (χ4v) is 2.92. The van der Waals surface area contributed by atoms with Crippen LogP contribution in [0, 0.1) is 13.8 Å². The molecule has 0 unspecified atom stereocenters. The molecular weight excluding hydrogens is 365 g/mol. The molecule has 25 heavy (non-hydrogen) atoms. The van der Waals surface area contributed by atoms with E-state index in [4.69, 9.17) is 27.9 Å². The van der Waals surface area contributed by atoms with Gasteiger partial charge in [-0.1, -0.05) is 23.2 Å². The minimum atomic E-state index is -1.01. The highest BCUT2D eigenvalue weighted by Gasteiger charge is 2.23. The van der Waals surface area contributed by atoms with Crippen molar-refractivity contribution in [3.63, 3.8) is 0 Å². The zero-order valence-corrected chi connectivity index (χ0v) is 15.9. The average Bonchev–Trinajstić information content (AvgIpc) is 2.84. The van der Waals surface area contributed by atoms with Crippen LogP contribution in [0.3, 0.4) is 0 Å². The van der Waals surface area contributed by atoms with Crippen molar-refractivity contribution in [2.45, 2.75) is 40.3 Å². The van der Waals surface area contributed by atoms with Crippen molar-refractivity contribution in [3.05, 3.63) is 45.3 Å². The monoisotopic (exact) mass is 383 g/mol. The largest absolute Gasteiger partial charge is 0.449 e. The summed E-state index contributed by atoms with van der Waals surface area (Å²) in [7, 11) is 0. The van der Waals surface area contributed by atoms with Crippen molar-refractivity contribution in [1.82, 2.24) is 9.55 Å². The molecule has 0 aliphatic rings. The van der Waals surface area contributed by atoms with Crippen LogP contribution >= 0.6 is 23.2 Å². The summed E-state index contributed by atoms with van der Waals surface area (Å²) >= 11 is 11.7. The van der Waals surface area contributed by atoms with E-state index in [9.17, 15) is 9.59 Å². The smallest absolute Gasteiger partial charge is 0.340 e. The number of amides is 1. The van der Waals surface area contributed by atoms with Crippen LogP contribution < -0.4 is 5.32 Å². The molecule has 0 spiro atoms. The summed E-state index contributed by atoms with van der Waals surface area (Å²) < 4.78 is 7.27. The molecule has 0 aromatic carbocycles. The molecule has 0 bridgehead atoms. The quantitative estimate of drug-likeness (QED) is 0.791. The third kappa shape index (κ3) is 4.32. The summed E-state index contributed by atoms with van der Waals surface area (Å²) in [5.41, 5.74) is 2.21. The van der Waals surface area contributed by atoms with Crippen LogP contribution in [0.5, 0.6) is 0 Å². The molecule has 0 fully saturated rings. The molecule has 1 atom stereocenters. The highest BCUT2D eigenvalue weighted by Crippen LogP contribution is 2.23. The van der Waals surface area contributed by atoms with Gasteiger partial charge in [0.05, 0.1) is 15.6 Å². The zero-order chi connectivity index (χ0) is 18.7. The average molecular weight is 384 g/mol. The first-order valence-electron chi connectivity index (χ1n) is 7.74. The lowest BCUT2D eigenvalue weighted by molar-refractivity contribution is -0.123. The van der Waals surface area contributed by atoms with Crippen molar-refractivity contribution < 1.29 is 14.3 Å². The minimum absolute atomic E-state index is 0.156. The molecule has 2 aromatic heterocycles. The van der Waals surface area contributed by atoms with Crippen molar-refractivity contribution in [2.75, 3.05) is 5.32 Å². The highest BCUT2D eigenvalue weighted by molar-refractivity contribution is 6.36. The molecule has 0 aliphatic carbocycles. The molecule has 2 aromatic rings. The summed E-state index contributed by atoms with van der Waals surface area (Å²) in [5, 5.41) is 3.07. The first-order chi connectivity index (χ1) is 11.7. The predicted molar refractivity (Wildman–Crippen MR) is 97.3 cm³/mol. The third-order valence-corrected chi connectivity index (χ3v) is 4.31. The van der Waals surface area contributed by atoms with Gasteiger partial charge in [-0.3, -0.25) is 4.79 Å². The van der Waals surface area contributed by atoms with Crippen molar-refractivity contribution in [2.24, 2.45) is 0 Å². The van der Waals surface area contributed by atoms with Gasteiger partial charge in [0.15, 0.2) is 11.9 Å². The number of hydrogen-bond donors (Lipinski definition) is 1. The van der Waals surface area contributed by atoms with E-state index in [1.165, 1.54) is 19.2 Å². The summed E-state index contributed by atoms with van der Waals surface area (Å²) in [4.78, 5) is 28.5. The SMILES string of the molecule is CCn1c(C)cc(C(=O)O[C@H](C)C(=O)Nc2ncc(Cl)cc2Cl)c1C. The lowest BCUT2D eigenvalue weighted by Crippen LogP contribution is -2.30. The molecule has 2 heterocycles. The molecule has 0 saturated carbocycles. The number of ether oxygens (including phenoxy) is 1. The Kier molecular flexibility index (Phi) is 6.08. The lowest BCUT2D eigenvalue weighted by atomic mass is 10.2. The summed E-state index contributed by atoms with van der Waals surface area (Å²) in [6.07, 6.45) is 0.352. The molecule has 0 saturated heterocycles. The topological polar surface area (TPSA) is 73.2 Å². The number of hydrogen-bond acceptors (Lipinski definition) is 4. The Balaban J connectivity index is 2.07. The van der Waals surface area contributed by atoms with Gasteiger partial charge in [0.2, 0.25) is 0 Å². The summed E-state index contributed by atoms with van der Waals surface area (Å²) in [6, 6.07) is 3.21. The number of esters is 1. The van der Waals surface area contributed by atoms with Crippen LogP contribution in [0.2, 0.25) is 10.0 Å². The summed E-state index contributed by atoms with van der Waals surface area (Å²) in [6.45, 7) is 7.98. The normalized spacial score (nSPS) is 11.9. The molecular formula is C17H19Cl2N3O3.